The van der Waals surface area contributed by atoms with Crippen molar-refractivity contribution in [1.29, 1.82) is 0 Å². The number of hydrogen-bond acceptors (Lipinski definition) is 3. The Morgan fingerprint density at radius 2 is 1.91 bits per heavy atom. The molecule has 3 heteroatoms. The van der Waals surface area contributed by atoms with Crippen LogP contribution in [0.25, 0.3) is 0 Å². The fourth-order valence-corrected chi connectivity index (χ4v) is 3.69. The minimum Gasteiger partial charge on any atom is -0.450 e. The van der Waals surface area contributed by atoms with Crippen molar-refractivity contribution < 1.29 is 14.3 Å². The van der Waals surface area contributed by atoms with Gasteiger partial charge in [0.1, 0.15) is 6.10 Å². The number of carbonyl (C=O) groups excluding carboxylic acids is 1. The van der Waals surface area contributed by atoms with Gasteiger partial charge in [0.15, 0.2) is 0 Å². The summed E-state index contributed by atoms with van der Waals surface area (Å²) < 4.78 is 11.6. The molecule has 1 aliphatic carbocycles. The molecule has 0 aromatic carbocycles. The highest BCUT2D eigenvalue weighted by atomic mass is 16.6. The molecule has 3 nitrogen and oxygen atoms in total. The number of ether oxygens (including phenoxy) is 2. The third-order valence-corrected chi connectivity index (χ3v) is 5.52. The molecule has 1 fully saturated rings. The van der Waals surface area contributed by atoms with Crippen molar-refractivity contribution in [2.24, 2.45) is 0 Å². The molecule has 0 saturated carbocycles. The van der Waals surface area contributed by atoms with Crippen LogP contribution in [0.3, 0.4) is 0 Å². The molecule has 0 amide bonds. The summed E-state index contributed by atoms with van der Waals surface area (Å²) in [4.78, 5) is 12.0. The van der Waals surface area contributed by atoms with Gasteiger partial charge in [0.2, 0.25) is 0 Å². The van der Waals surface area contributed by atoms with Gasteiger partial charge in [-0.1, -0.05) is 17.2 Å². The van der Waals surface area contributed by atoms with Gasteiger partial charge >= 0.3 is 5.97 Å². The molecule has 3 aliphatic rings. The first-order valence-electron chi connectivity index (χ1n) is 8.80. The zero-order valence-corrected chi connectivity index (χ0v) is 14.8. The molecular weight excluding hydrogens is 288 g/mol. The Kier molecular flexibility index (Phi) is 4.50. The van der Waals surface area contributed by atoms with Gasteiger partial charge in [0.25, 0.3) is 0 Å². The Bertz CT molecular complexity index is 596. The van der Waals surface area contributed by atoms with Gasteiger partial charge in [0.05, 0.1) is 11.7 Å². The highest BCUT2D eigenvalue weighted by Crippen LogP contribution is 2.46. The summed E-state index contributed by atoms with van der Waals surface area (Å²) in [5.41, 5.74) is 4.63. The summed E-state index contributed by atoms with van der Waals surface area (Å²) in [5, 5.41) is 0. The van der Waals surface area contributed by atoms with E-state index >= 15 is 0 Å². The summed E-state index contributed by atoms with van der Waals surface area (Å²) in [6.45, 7) is 8.44. The van der Waals surface area contributed by atoms with Crippen molar-refractivity contribution in [2.75, 3.05) is 0 Å². The molecule has 0 spiro atoms. The molecule has 2 aliphatic heterocycles. The Balaban J connectivity index is 1.83. The predicted molar refractivity (Wildman–Crippen MR) is 91.1 cm³/mol. The van der Waals surface area contributed by atoms with Gasteiger partial charge in [-0.05, 0) is 71.4 Å². The average Bonchev–Trinajstić information content (AvgIpc) is 3.04. The van der Waals surface area contributed by atoms with Gasteiger partial charge in [-0.15, -0.1) is 0 Å². The van der Waals surface area contributed by atoms with E-state index in [-0.39, 0.29) is 23.8 Å². The maximum Gasteiger partial charge on any atom is 0.334 e. The lowest BCUT2D eigenvalue weighted by molar-refractivity contribution is -0.138. The number of epoxide rings is 1. The zero-order valence-electron chi connectivity index (χ0n) is 14.8. The van der Waals surface area contributed by atoms with Crippen LogP contribution in [-0.4, -0.2) is 23.8 Å². The fourth-order valence-electron chi connectivity index (χ4n) is 3.69. The predicted octanol–water partition coefficient (Wildman–Crippen LogP) is 4.63. The lowest BCUT2D eigenvalue weighted by atomic mass is 9.91. The van der Waals surface area contributed by atoms with E-state index in [2.05, 4.69) is 32.9 Å². The monoisotopic (exact) mass is 316 g/mol. The van der Waals surface area contributed by atoms with Crippen molar-refractivity contribution in [1.82, 2.24) is 0 Å². The highest BCUT2D eigenvalue weighted by molar-refractivity contribution is 5.92. The van der Waals surface area contributed by atoms with Crippen LogP contribution in [0.2, 0.25) is 0 Å². The first-order valence-corrected chi connectivity index (χ1v) is 8.80. The van der Waals surface area contributed by atoms with E-state index in [0.717, 1.165) is 49.7 Å². The lowest BCUT2D eigenvalue weighted by Crippen LogP contribution is -2.14. The maximum atomic E-state index is 12.0. The number of rotatable bonds is 0. The number of carbonyl (C=O) groups is 1. The third kappa shape index (κ3) is 3.60. The molecule has 2 heterocycles. The molecule has 3 atom stereocenters. The second kappa shape index (κ2) is 6.27. The van der Waals surface area contributed by atoms with E-state index < -0.39 is 0 Å². The lowest BCUT2D eigenvalue weighted by Gasteiger charge is -2.13. The van der Waals surface area contributed by atoms with E-state index in [1.165, 1.54) is 11.1 Å². The minimum atomic E-state index is -0.185. The zero-order chi connectivity index (χ0) is 16.6. The molecule has 1 saturated heterocycles. The molecule has 0 aromatic heterocycles. The molecule has 126 valence electrons. The third-order valence-electron chi connectivity index (χ3n) is 5.52. The fraction of sp³-hybridized carbons (Fsp3) is 0.650. The van der Waals surface area contributed by atoms with Crippen LogP contribution in [0.15, 0.2) is 34.4 Å². The molecule has 0 unspecified atom stereocenters. The smallest absolute Gasteiger partial charge is 0.334 e. The summed E-state index contributed by atoms with van der Waals surface area (Å²) in [6, 6.07) is 0. The van der Waals surface area contributed by atoms with E-state index in [4.69, 9.17) is 9.47 Å². The molecule has 23 heavy (non-hydrogen) atoms. The minimum absolute atomic E-state index is 0.0386. The first kappa shape index (κ1) is 16.5. The second-order valence-corrected chi connectivity index (χ2v) is 7.56. The summed E-state index contributed by atoms with van der Waals surface area (Å²) >= 11 is 0. The van der Waals surface area contributed by atoms with Crippen molar-refractivity contribution in [3.8, 4) is 0 Å². The van der Waals surface area contributed by atoms with E-state index in [1.807, 2.05) is 6.92 Å². The van der Waals surface area contributed by atoms with Gasteiger partial charge in [0, 0.05) is 12.0 Å². The topological polar surface area (TPSA) is 38.8 Å². The van der Waals surface area contributed by atoms with Crippen LogP contribution in [0, 0.1) is 0 Å². The maximum absolute atomic E-state index is 12.0. The van der Waals surface area contributed by atoms with Crippen molar-refractivity contribution in [3.05, 3.63) is 34.4 Å². The van der Waals surface area contributed by atoms with E-state index in [0.29, 0.717) is 0 Å². The van der Waals surface area contributed by atoms with Gasteiger partial charge < -0.3 is 9.47 Å². The molecule has 0 aromatic rings. The quantitative estimate of drug-likeness (QED) is 0.371. The molecule has 0 N–H and O–H groups in total. The Morgan fingerprint density at radius 3 is 2.70 bits per heavy atom. The number of hydrogen-bond donors (Lipinski definition) is 0. The first-order chi connectivity index (χ1) is 10.9. The van der Waals surface area contributed by atoms with Crippen molar-refractivity contribution >= 4 is 5.97 Å². The van der Waals surface area contributed by atoms with Crippen LogP contribution in [0.1, 0.15) is 66.2 Å². The summed E-state index contributed by atoms with van der Waals surface area (Å²) in [6.07, 6.45) is 10.8. The average molecular weight is 316 g/mol. The Morgan fingerprint density at radius 1 is 1.17 bits per heavy atom. The Hall–Kier alpha value is -1.35. The molecular formula is C20H28O3. The number of allylic oxidation sites excluding steroid dienone is 3. The summed E-state index contributed by atoms with van der Waals surface area (Å²) in [7, 11) is 0. The normalized spacial score (nSPS) is 40.1. The van der Waals surface area contributed by atoms with E-state index in [9.17, 15) is 4.79 Å². The SMILES string of the molecule is CC1=C2C[C@@H]3O[C@]3(C)CC/C=C(\C)CCC/C(C)=C/[C@@H]2OC1=O. The van der Waals surface area contributed by atoms with Gasteiger partial charge in [-0.3, -0.25) is 0 Å². The summed E-state index contributed by atoms with van der Waals surface area (Å²) in [5.74, 6) is -0.168. The van der Waals surface area contributed by atoms with E-state index in [1.54, 1.807) is 0 Å². The number of esters is 1. The number of fused-ring (bicyclic) bond motifs is 2. The highest BCUT2D eigenvalue weighted by Gasteiger charge is 2.52. The Labute approximate surface area is 139 Å². The van der Waals surface area contributed by atoms with Crippen molar-refractivity contribution in [3.63, 3.8) is 0 Å². The van der Waals surface area contributed by atoms with Crippen molar-refractivity contribution in [2.45, 2.75) is 84.0 Å². The largest absolute Gasteiger partial charge is 0.450 e. The molecule has 3 rings (SSSR count). The van der Waals surface area contributed by atoms with Gasteiger partial charge in [-0.2, -0.15) is 0 Å². The van der Waals surface area contributed by atoms with Crippen LogP contribution >= 0.6 is 0 Å². The van der Waals surface area contributed by atoms with Crippen LogP contribution in [-0.2, 0) is 14.3 Å². The van der Waals surface area contributed by atoms with Crippen LogP contribution in [0.4, 0.5) is 0 Å². The standard InChI is InChI=1S/C20H28O3/c1-13-7-5-8-14(2)11-17-16(15(3)19(21)22-17)12-18-20(4,23-18)10-6-9-13/h9,11,17-18H,5-8,10,12H2,1-4H3/b13-9+,14-11+/t17-,18-,20+/m0/s1. The van der Waals surface area contributed by atoms with Crippen LogP contribution in [0.5, 0.6) is 0 Å². The van der Waals surface area contributed by atoms with Crippen LogP contribution < -0.4 is 0 Å². The molecule has 0 radical (unpaired) electrons. The van der Waals surface area contributed by atoms with Gasteiger partial charge in [-0.25, -0.2) is 4.79 Å². The second-order valence-electron chi connectivity index (χ2n) is 7.56. The molecule has 0 bridgehead atoms.